The Bertz CT molecular complexity index is 252. The molecule has 1 N–H and O–H groups in total. The van der Waals surface area contributed by atoms with Gasteiger partial charge in [0.15, 0.2) is 6.33 Å². The second-order valence-electron chi connectivity index (χ2n) is 1.78. The van der Waals surface area contributed by atoms with E-state index in [0.29, 0.717) is 0 Å². The normalized spacial score (nSPS) is 10.0. The molecule has 0 aromatic carbocycles. The first-order valence-corrected chi connectivity index (χ1v) is 2.79. The van der Waals surface area contributed by atoms with Crippen molar-refractivity contribution < 1.29 is 4.52 Å². The zero-order valence-corrected chi connectivity index (χ0v) is 5.03. The maximum absolute atomic E-state index is 4.62. The topological polar surface area (TPSA) is 54.7 Å². The van der Waals surface area contributed by atoms with E-state index in [1.165, 1.54) is 6.26 Å². The highest BCUT2D eigenvalue weighted by Crippen LogP contribution is 2.10. The van der Waals surface area contributed by atoms with Crippen molar-refractivity contribution in [1.29, 1.82) is 0 Å². The van der Waals surface area contributed by atoms with Crippen molar-refractivity contribution in [1.82, 2.24) is 15.1 Å². The predicted molar refractivity (Wildman–Crippen MR) is 32.9 cm³/mol. The fourth-order valence-corrected chi connectivity index (χ4v) is 0.701. The zero-order valence-electron chi connectivity index (χ0n) is 5.03. The van der Waals surface area contributed by atoms with Gasteiger partial charge in [-0.1, -0.05) is 5.16 Å². The van der Waals surface area contributed by atoms with E-state index in [1.54, 1.807) is 12.3 Å². The van der Waals surface area contributed by atoms with Gasteiger partial charge in [-0.15, -0.1) is 0 Å². The Hall–Kier alpha value is -1.58. The Labute approximate surface area is 56.9 Å². The molecule has 0 amide bonds. The van der Waals surface area contributed by atoms with Crippen LogP contribution in [0.2, 0.25) is 0 Å². The molecule has 0 aliphatic carbocycles. The van der Waals surface area contributed by atoms with Crippen LogP contribution in [-0.2, 0) is 0 Å². The van der Waals surface area contributed by atoms with Crippen molar-refractivity contribution in [2.45, 2.75) is 0 Å². The molecule has 2 heterocycles. The van der Waals surface area contributed by atoms with Crippen molar-refractivity contribution in [3.05, 3.63) is 24.9 Å². The monoisotopic (exact) mass is 134 g/mol. The van der Waals surface area contributed by atoms with Gasteiger partial charge in [-0.05, 0) is 0 Å². The lowest BCUT2D eigenvalue weighted by Crippen LogP contribution is -1.73. The van der Waals surface area contributed by atoms with E-state index in [9.17, 15) is 0 Å². The molecule has 2 aromatic heterocycles. The van der Waals surface area contributed by atoms with Crippen LogP contribution in [0.1, 0.15) is 0 Å². The van der Waals surface area contributed by atoms with Gasteiger partial charge in [0, 0.05) is 12.3 Å². The van der Waals surface area contributed by atoms with Gasteiger partial charge in [0.2, 0.25) is 0 Å². The molecule has 0 saturated carbocycles. The summed E-state index contributed by atoms with van der Waals surface area (Å²) in [4.78, 5) is 6.56. The number of hydrogen-bond acceptors (Lipinski definition) is 3. The minimum atomic E-state index is 0.720. The number of nitrogens with zero attached hydrogens (tertiary/aromatic N) is 2. The molecule has 10 heavy (non-hydrogen) atoms. The second kappa shape index (κ2) is 1.98. The van der Waals surface area contributed by atoms with Crippen LogP contribution in [-0.4, -0.2) is 15.1 Å². The molecule has 2 aromatic rings. The highest BCUT2D eigenvalue weighted by Gasteiger charge is 2.00. The Morgan fingerprint density at radius 1 is 1.50 bits per heavy atom. The van der Waals surface area contributed by atoms with Crippen LogP contribution in [0.25, 0.3) is 11.4 Å². The summed E-state index contributed by atoms with van der Waals surface area (Å²) in [6, 6.07) is 1.74. The van der Waals surface area contributed by atoms with Crippen molar-refractivity contribution in [3.63, 3.8) is 0 Å². The average Bonchev–Trinajstić information content (AvgIpc) is 2.59. The van der Waals surface area contributed by atoms with Crippen LogP contribution in [0.4, 0.5) is 0 Å². The number of aromatic amines is 1. The summed E-state index contributed by atoms with van der Waals surface area (Å²) >= 11 is 0. The summed E-state index contributed by atoms with van der Waals surface area (Å²) in [5, 5.41) is 3.68. The first kappa shape index (κ1) is 5.22. The molecule has 0 bridgehead atoms. The lowest BCUT2D eigenvalue weighted by atomic mass is 10.3. The van der Waals surface area contributed by atoms with Gasteiger partial charge in [-0.25, -0.2) is 4.98 Å². The molecular weight excluding hydrogens is 130 g/mol. The van der Waals surface area contributed by atoms with Crippen molar-refractivity contribution in [3.8, 4) is 11.4 Å². The molecule has 2 rings (SSSR count). The molecule has 0 unspecified atom stereocenters. The van der Waals surface area contributed by atoms with Gasteiger partial charge >= 0.3 is 0 Å². The maximum atomic E-state index is 4.62. The number of hydrogen-bond donors (Lipinski definition) is 1. The predicted octanol–water partition coefficient (Wildman–Crippen LogP) is 0.865. The highest BCUT2D eigenvalue weighted by atomic mass is 16.5. The summed E-state index contributed by atoms with van der Waals surface area (Å²) in [6.07, 6.45) is 5.77. The third-order valence-corrected chi connectivity index (χ3v) is 1.15. The van der Waals surface area contributed by atoms with E-state index in [0.717, 1.165) is 11.4 Å². The van der Waals surface area contributed by atoms with E-state index < -0.39 is 0 Å². The molecule has 1 radical (unpaired) electrons. The Balaban J connectivity index is 2.48. The first-order chi connectivity index (χ1) is 4.97. The first-order valence-electron chi connectivity index (χ1n) is 2.79. The van der Waals surface area contributed by atoms with Crippen molar-refractivity contribution in [2.75, 3.05) is 0 Å². The van der Waals surface area contributed by atoms with Crippen LogP contribution >= 0.6 is 0 Å². The summed E-state index contributed by atoms with van der Waals surface area (Å²) in [6.45, 7) is 0. The molecule has 4 heteroatoms. The lowest BCUT2D eigenvalue weighted by Gasteiger charge is -1.80. The number of nitrogens with one attached hydrogen (secondary N) is 1. The summed E-state index contributed by atoms with van der Waals surface area (Å²) in [5.74, 6) is 0. The lowest BCUT2D eigenvalue weighted by molar-refractivity contribution is 0.422. The van der Waals surface area contributed by atoms with Gasteiger partial charge in [0.25, 0.3) is 0 Å². The Morgan fingerprint density at radius 2 is 2.50 bits per heavy atom. The van der Waals surface area contributed by atoms with Crippen molar-refractivity contribution >= 4 is 0 Å². The van der Waals surface area contributed by atoms with E-state index >= 15 is 0 Å². The third kappa shape index (κ3) is 0.699. The van der Waals surface area contributed by atoms with Crippen LogP contribution in [0, 0.1) is 6.33 Å². The highest BCUT2D eigenvalue weighted by molar-refractivity contribution is 5.50. The third-order valence-electron chi connectivity index (χ3n) is 1.15. The van der Waals surface area contributed by atoms with Crippen molar-refractivity contribution in [2.24, 2.45) is 0 Å². The number of aromatic nitrogens is 3. The van der Waals surface area contributed by atoms with Gasteiger partial charge in [-0.3, -0.25) is 0 Å². The van der Waals surface area contributed by atoms with Gasteiger partial charge in [-0.2, -0.15) is 0 Å². The Kier molecular flexibility index (Phi) is 1.04. The van der Waals surface area contributed by atoms with E-state index in [1.807, 2.05) is 0 Å². The second-order valence-corrected chi connectivity index (χ2v) is 1.78. The molecule has 0 aliphatic rings. The number of H-pyrrole nitrogens is 1. The number of imidazole rings is 1. The summed E-state index contributed by atoms with van der Waals surface area (Å²) in [7, 11) is 0. The van der Waals surface area contributed by atoms with E-state index in [-0.39, 0.29) is 0 Å². The van der Waals surface area contributed by atoms with Crippen LogP contribution < -0.4 is 0 Å². The standard InChI is InChI=1S/C6H4N3O/c1-2-10-9-5(1)6-3-7-4-8-6/h1-3H,(H,7,8). The van der Waals surface area contributed by atoms with Gasteiger partial charge in [0.05, 0.1) is 0 Å². The molecule has 0 saturated heterocycles. The molecule has 0 aliphatic heterocycles. The molecule has 0 atom stereocenters. The number of rotatable bonds is 1. The summed E-state index contributed by atoms with van der Waals surface area (Å²) < 4.78 is 4.62. The fraction of sp³-hybridized carbons (Fsp3) is 0. The fourth-order valence-electron chi connectivity index (χ4n) is 0.701. The van der Waals surface area contributed by atoms with Crippen LogP contribution in [0.3, 0.4) is 0 Å². The van der Waals surface area contributed by atoms with Gasteiger partial charge in [0.1, 0.15) is 17.7 Å². The average molecular weight is 134 g/mol. The molecular formula is C6H4N3O. The van der Waals surface area contributed by atoms with E-state index in [4.69, 9.17) is 0 Å². The quantitative estimate of drug-likeness (QED) is 0.629. The minimum Gasteiger partial charge on any atom is -0.364 e. The molecule has 0 fully saturated rings. The smallest absolute Gasteiger partial charge is 0.174 e. The SMILES string of the molecule is [c]1nc(-c2ccon2)c[nH]1. The molecule has 4 nitrogen and oxygen atoms in total. The summed E-state index contributed by atoms with van der Waals surface area (Å²) in [5.41, 5.74) is 1.46. The van der Waals surface area contributed by atoms with Crippen LogP contribution in [0.15, 0.2) is 23.0 Å². The van der Waals surface area contributed by atoms with Crippen LogP contribution in [0.5, 0.6) is 0 Å². The zero-order chi connectivity index (χ0) is 6.81. The van der Waals surface area contributed by atoms with E-state index in [2.05, 4.69) is 26.0 Å². The minimum absolute atomic E-state index is 0.720. The largest absolute Gasteiger partial charge is 0.364 e. The molecule has 49 valence electrons. The Morgan fingerprint density at radius 3 is 3.10 bits per heavy atom. The molecule has 0 spiro atoms. The van der Waals surface area contributed by atoms with Gasteiger partial charge < -0.3 is 9.51 Å². The maximum Gasteiger partial charge on any atom is 0.174 e.